The van der Waals surface area contributed by atoms with E-state index >= 15 is 0 Å². The monoisotopic (exact) mass is 476 g/mol. The number of anilines is 2. The molecular formula is C15H25N8O8P. The van der Waals surface area contributed by atoms with Gasteiger partial charge in [-0.2, -0.15) is 0 Å². The summed E-state index contributed by atoms with van der Waals surface area (Å²) in [5.41, 5.74) is 11.6. The van der Waals surface area contributed by atoms with E-state index in [1.807, 2.05) is 0 Å². The molecule has 0 unspecified atom stereocenters. The zero-order valence-electron chi connectivity index (χ0n) is 16.7. The number of hydrogen-bond acceptors (Lipinski definition) is 12. The van der Waals surface area contributed by atoms with E-state index in [2.05, 4.69) is 30.1 Å². The molecule has 1 aliphatic rings. The molecule has 0 spiro atoms. The molecule has 178 valence electrons. The minimum Gasteiger partial charge on any atom is -0.387 e. The standard InChI is InChI=1S/C15H25N8O8P/c16-2-1-8(24)18-3-4-19-15-22-9-12(17)20-6-21-13(9)23(15)14-11(26)10(25)7(31-14)5-30-32(27,28)29/h6-7,10-11,14,25-26H,1-5,16H2,(H,18,24)(H,19,22)(H2,17,20,21)(H2,27,28,29)/t7-,10-,11-,14-/m1/s1. The Labute approximate surface area is 181 Å². The number of rotatable bonds is 10. The second-order valence-corrected chi connectivity index (χ2v) is 8.12. The highest BCUT2D eigenvalue weighted by Gasteiger charge is 2.46. The molecule has 32 heavy (non-hydrogen) atoms. The molecule has 2 aromatic heterocycles. The Morgan fingerprint density at radius 1 is 1.28 bits per heavy atom. The lowest BCUT2D eigenvalue weighted by atomic mass is 10.1. The number of nitrogen functional groups attached to an aromatic ring is 1. The maximum atomic E-state index is 11.5. The van der Waals surface area contributed by atoms with Gasteiger partial charge >= 0.3 is 7.82 Å². The van der Waals surface area contributed by atoms with Gasteiger partial charge in [-0.25, -0.2) is 19.5 Å². The van der Waals surface area contributed by atoms with Crippen LogP contribution >= 0.6 is 7.82 Å². The van der Waals surface area contributed by atoms with Crippen LogP contribution in [0.2, 0.25) is 0 Å². The highest BCUT2D eigenvalue weighted by atomic mass is 31.2. The first-order valence-electron chi connectivity index (χ1n) is 9.53. The summed E-state index contributed by atoms with van der Waals surface area (Å²) in [5.74, 6) is -0.0148. The first-order chi connectivity index (χ1) is 15.1. The Bertz CT molecular complexity index is 999. The lowest BCUT2D eigenvalue weighted by Crippen LogP contribution is -2.34. The summed E-state index contributed by atoms with van der Waals surface area (Å²) in [4.78, 5) is 41.6. The number of ether oxygens (including phenoxy) is 1. The van der Waals surface area contributed by atoms with Gasteiger partial charge in [-0.1, -0.05) is 0 Å². The number of nitrogens with zero attached hydrogens (tertiary/aromatic N) is 4. The number of aliphatic hydroxyl groups is 2. The second-order valence-electron chi connectivity index (χ2n) is 6.88. The van der Waals surface area contributed by atoms with Gasteiger partial charge in [0.05, 0.1) is 6.61 Å². The first-order valence-corrected chi connectivity index (χ1v) is 11.1. The SMILES string of the molecule is NCCC(=O)NCCNc1nc2c(N)ncnc2n1[C@@H]1O[C@H](COP(=O)(O)O)[C@@H](O)[C@H]1O. The molecule has 0 radical (unpaired) electrons. The fraction of sp³-hybridized carbons (Fsp3) is 0.600. The minimum atomic E-state index is -4.81. The average molecular weight is 476 g/mol. The van der Waals surface area contributed by atoms with Crippen molar-refractivity contribution < 1.29 is 38.6 Å². The van der Waals surface area contributed by atoms with Crippen molar-refractivity contribution in [3.63, 3.8) is 0 Å². The first kappa shape index (κ1) is 24.2. The zero-order valence-corrected chi connectivity index (χ0v) is 17.6. The molecule has 3 rings (SSSR count). The number of amides is 1. The molecule has 1 amide bonds. The Hall–Kier alpha value is -2.43. The van der Waals surface area contributed by atoms with Crippen molar-refractivity contribution in [1.82, 2.24) is 24.8 Å². The number of carbonyl (C=O) groups is 1. The third-order valence-electron chi connectivity index (χ3n) is 4.61. The van der Waals surface area contributed by atoms with Crippen LogP contribution in [-0.2, 0) is 18.6 Å². The molecule has 1 aliphatic heterocycles. The van der Waals surface area contributed by atoms with E-state index in [0.717, 1.165) is 0 Å². The van der Waals surface area contributed by atoms with Crippen molar-refractivity contribution in [3.8, 4) is 0 Å². The number of aromatic nitrogens is 4. The van der Waals surface area contributed by atoms with E-state index < -0.39 is 39.0 Å². The van der Waals surface area contributed by atoms with Gasteiger partial charge in [0.25, 0.3) is 0 Å². The highest BCUT2D eigenvalue weighted by Crippen LogP contribution is 2.39. The summed E-state index contributed by atoms with van der Waals surface area (Å²) in [6, 6.07) is 0. The van der Waals surface area contributed by atoms with Crippen LogP contribution in [0.15, 0.2) is 6.33 Å². The van der Waals surface area contributed by atoms with Gasteiger partial charge < -0.3 is 46.8 Å². The van der Waals surface area contributed by atoms with Crippen LogP contribution < -0.4 is 22.1 Å². The number of aliphatic hydroxyl groups excluding tert-OH is 2. The normalized spacial score (nSPS) is 23.5. The number of carbonyl (C=O) groups excluding carboxylic acids is 1. The summed E-state index contributed by atoms with van der Waals surface area (Å²) >= 11 is 0. The lowest BCUT2D eigenvalue weighted by Gasteiger charge is -2.20. The summed E-state index contributed by atoms with van der Waals surface area (Å²) in [5, 5.41) is 26.5. The van der Waals surface area contributed by atoms with Gasteiger partial charge in [0.1, 0.15) is 24.6 Å². The Morgan fingerprint density at radius 3 is 2.72 bits per heavy atom. The molecule has 1 saturated heterocycles. The molecule has 2 aromatic rings. The molecule has 4 atom stereocenters. The van der Waals surface area contributed by atoms with Gasteiger partial charge in [-0.15, -0.1) is 0 Å². The predicted octanol–water partition coefficient (Wildman–Crippen LogP) is -2.99. The van der Waals surface area contributed by atoms with Crippen LogP contribution in [0.1, 0.15) is 12.6 Å². The highest BCUT2D eigenvalue weighted by molar-refractivity contribution is 7.46. The van der Waals surface area contributed by atoms with Crippen LogP contribution in [0.4, 0.5) is 11.8 Å². The predicted molar refractivity (Wildman–Crippen MR) is 109 cm³/mol. The zero-order chi connectivity index (χ0) is 23.5. The molecule has 1 fully saturated rings. The van der Waals surface area contributed by atoms with Gasteiger partial charge in [-0.05, 0) is 0 Å². The fourth-order valence-corrected chi connectivity index (χ4v) is 3.48. The molecule has 10 N–H and O–H groups in total. The van der Waals surface area contributed by atoms with Crippen molar-refractivity contribution in [3.05, 3.63) is 6.33 Å². The Kier molecular flexibility index (Phi) is 7.58. The van der Waals surface area contributed by atoms with Gasteiger partial charge in [0.15, 0.2) is 23.2 Å². The van der Waals surface area contributed by atoms with Gasteiger partial charge in [0.2, 0.25) is 11.9 Å². The average Bonchev–Trinajstić information content (AvgIpc) is 3.22. The van der Waals surface area contributed by atoms with E-state index in [1.54, 1.807) is 0 Å². The number of imidazole rings is 1. The Balaban J connectivity index is 1.83. The number of phosphoric ester groups is 1. The second kappa shape index (κ2) is 10.0. The molecule has 0 aliphatic carbocycles. The summed E-state index contributed by atoms with van der Waals surface area (Å²) in [6.07, 6.45) is -4.17. The van der Waals surface area contributed by atoms with Crippen LogP contribution in [0, 0.1) is 0 Å². The maximum Gasteiger partial charge on any atom is 0.469 e. The van der Waals surface area contributed by atoms with Crippen LogP contribution in [0.5, 0.6) is 0 Å². The van der Waals surface area contributed by atoms with Crippen molar-refractivity contribution in [2.45, 2.75) is 31.0 Å². The van der Waals surface area contributed by atoms with Crippen LogP contribution in [0.3, 0.4) is 0 Å². The lowest BCUT2D eigenvalue weighted by molar-refractivity contribution is -0.120. The van der Waals surface area contributed by atoms with Crippen molar-refractivity contribution in [2.75, 3.05) is 37.3 Å². The van der Waals surface area contributed by atoms with Crippen molar-refractivity contribution >= 4 is 36.7 Å². The van der Waals surface area contributed by atoms with E-state index in [4.69, 9.17) is 26.0 Å². The van der Waals surface area contributed by atoms with Gasteiger partial charge in [-0.3, -0.25) is 13.9 Å². The minimum absolute atomic E-state index is 0.0578. The molecular weight excluding hydrogens is 451 g/mol. The summed E-state index contributed by atoms with van der Waals surface area (Å²) in [7, 11) is -4.81. The molecule has 16 nitrogen and oxygen atoms in total. The molecule has 0 bridgehead atoms. The van der Waals surface area contributed by atoms with Crippen molar-refractivity contribution in [1.29, 1.82) is 0 Å². The molecule has 3 heterocycles. The topological polar surface area (TPSA) is 253 Å². The number of nitrogens with two attached hydrogens (primary N) is 2. The number of hydrogen-bond donors (Lipinski definition) is 8. The van der Waals surface area contributed by atoms with Gasteiger partial charge in [0, 0.05) is 26.1 Å². The molecule has 17 heteroatoms. The molecule has 0 aromatic carbocycles. The fourth-order valence-electron chi connectivity index (χ4n) is 3.14. The van der Waals surface area contributed by atoms with Crippen LogP contribution in [-0.4, -0.2) is 90.0 Å². The molecule has 0 saturated carbocycles. The maximum absolute atomic E-state index is 11.5. The van der Waals surface area contributed by atoms with E-state index in [-0.39, 0.29) is 54.9 Å². The van der Waals surface area contributed by atoms with E-state index in [0.29, 0.717) is 0 Å². The third kappa shape index (κ3) is 5.48. The quantitative estimate of drug-likeness (QED) is 0.126. The summed E-state index contributed by atoms with van der Waals surface area (Å²) < 4.78 is 22.3. The number of phosphoric acid groups is 1. The third-order valence-corrected chi connectivity index (χ3v) is 5.09. The van der Waals surface area contributed by atoms with Crippen LogP contribution in [0.25, 0.3) is 11.2 Å². The largest absolute Gasteiger partial charge is 0.469 e. The van der Waals surface area contributed by atoms with E-state index in [1.165, 1.54) is 10.9 Å². The number of fused-ring (bicyclic) bond motifs is 1. The summed E-state index contributed by atoms with van der Waals surface area (Å²) in [6.45, 7) is 0.0135. The Morgan fingerprint density at radius 2 is 2.03 bits per heavy atom. The van der Waals surface area contributed by atoms with Crippen molar-refractivity contribution in [2.24, 2.45) is 5.73 Å². The van der Waals surface area contributed by atoms with E-state index in [9.17, 15) is 19.6 Å². The smallest absolute Gasteiger partial charge is 0.387 e. The number of nitrogens with one attached hydrogen (secondary N) is 2.